The van der Waals surface area contributed by atoms with E-state index in [9.17, 15) is 0 Å². The Bertz CT molecular complexity index is 401. The molecule has 0 heterocycles. The Hall–Kier alpha value is 1.21. The molecule has 1 aliphatic carbocycles. The molecule has 0 bridgehead atoms. The summed E-state index contributed by atoms with van der Waals surface area (Å²) >= 11 is 1.59. The molecule has 0 radical (unpaired) electrons. The van der Waals surface area contributed by atoms with Crippen molar-refractivity contribution in [3.8, 4) is 0 Å². The average Bonchev–Trinajstić information content (AvgIpc) is 2.82. The average molecular weight is 490 g/mol. The van der Waals surface area contributed by atoms with E-state index in [0.29, 0.717) is 3.63 Å². The van der Waals surface area contributed by atoms with Gasteiger partial charge in [-0.3, -0.25) is 0 Å². The maximum absolute atomic E-state index is 5.03. The molecular weight excluding hydrogens is 463 g/mol. The number of allylic oxidation sites excluding steroid dienone is 1. The number of benzene rings is 1. The number of rotatable bonds is 2. The van der Waals surface area contributed by atoms with Crippen LogP contribution in [-0.4, -0.2) is 39.1 Å². The molecule has 1 aromatic rings. The van der Waals surface area contributed by atoms with Gasteiger partial charge in [0.25, 0.3) is 0 Å². The molecule has 0 N–H and O–H groups in total. The molecule has 0 aromatic heterocycles. The fourth-order valence-corrected chi connectivity index (χ4v) is 2.13. The summed E-state index contributed by atoms with van der Waals surface area (Å²) in [5, 5.41) is 0. The van der Waals surface area contributed by atoms with Crippen LogP contribution in [0.3, 0.4) is 0 Å². The van der Waals surface area contributed by atoms with Gasteiger partial charge in [-0.1, -0.05) is 0 Å². The van der Waals surface area contributed by atoms with Crippen LogP contribution in [0, 0.1) is 0 Å². The van der Waals surface area contributed by atoms with Crippen molar-refractivity contribution in [1.29, 1.82) is 0 Å². The van der Waals surface area contributed by atoms with Gasteiger partial charge in [0.1, 0.15) is 21.0 Å². The SMILES string of the molecule is C[SiH](C)O[SiH3].C[SiH](C)O[SiH3].[Cl-].[Cl-].[Zr+2][CH]1C=Cc2ccccc21. The number of hydrogen-bond acceptors (Lipinski definition) is 2. The summed E-state index contributed by atoms with van der Waals surface area (Å²) in [5.41, 5.74) is 2.91. The Labute approximate surface area is 173 Å². The molecule has 2 rings (SSSR count). The molecular formula is C13H27Cl2O2Si4Zr. The van der Waals surface area contributed by atoms with Crippen molar-refractivity contribution in [1.82, 2.24) is 0 Å². The van der Waals surface area contributed by atoms with Crippen LogP contribution in [0.2, 0.25) is 26.2 Å². The summed E-state index contributed by atoms with van der Waals surface area (Å²) in [5.74, 6) is 0. The number of fused-ring (bicyclic) bond motifs is 1. The Morgan fingerprint density at radius 1 is 0.955 bits per heavy atom. The predicted molar refractivity (Wildman–Crippen MR) is 98.0 cm³/mol. The van der Waals surface area contributed by atoms with Crippen molar-refractivity contribution < 1.29 is 57.8 Å². The van der Waals surface area contributed by atoms with Gasteiger partial charge in [0, 0.05) is 0 Å². The van der Waals surface area contributed by atoms with Crippen molar-refractivity contribution in [2.24, 2.45) is 0 Å². The molecule has 1 atom stereocenters. The van der Waals surface area contributed by atoms with Crippen molar-refractivity contribution in [3.63, 3.8) is 0 Å². The summed E-state index contributed by atoms with van der Waals surface area (Å²) in [4.78, 5) is 0. The summed E-state index contributed by atoms with van der Waals surface area (Å²) in [6, 6.07) is 8.60. The van der Waals surface area contributed by atoms with Crippen LogP contribution >= 0.6 is 0 Å². The van der Waals surface area contributed by atoms with Crippen LogP contribution in [0.1, 0.15) is 14.8 Å². The van der Waals surface area contributed by atoms with Crippen LogP contribution in [-0.2, 0) is 32.9 Å². The van der Waals surface area contributed by atoms with Crippen LogP contribution in [0.5, 0.6) is 0 Å². The van der Waals surface area contributed by atoms with Gasteiger partial charge < -0.3 is 33.0 Å². The van der Waals surface area contributed by atoms with Gasteiger partial charge >= 0.3 is 75.9 Å². The van der Waals surface area contributed by atoms with Gasteiger partial charge in [0.15, 0.2) is 18.1 Å². The molecule has 9 heteroatoms. The first kappa shape index (κ1) is 28.0. The third-order valence-electron chi connectivity index (χ3n) is 2.74. The topological polar surface area (TPSA) is 18.5 Å². The van der Waals surface area contributed by atoms with E-state index in [1.165, 1.54) is 11.1 Å². The first-order valence-corrected chi connectivity index (χ1v) is 15.6. The summed E-state index contributed by atoms with van der Waals surface area (Å²) in [7, 11) is 0.694. The van der Waals surface area contributed by atoms with Gasteiger partial charge in [-0.05, 0) is 26.2 Å². The minimum atomic E-state index is -0.588. The van der Waals surface area contributed by atoms with E-state index in [1.807, 2.05) is 0 Å². The first-order valence-electron chi connectivity index (χ1n) is 6.96. The van der Waals surface area contributed by atoms with Crippen molar-refractivity contribution in [3.05, 3.63) is 41.5 Å². The Morgan fingerprint density at radius 2 is 1.36 bits per heavy atom. The van der Waals surface area contributed by atoms with E-state index in [0.717, 1.165) is 21.0 Å². The third-order valence-corrected chi connectivity index (χ3v) is 11.5. The Kier molecular flexibility index (Phi) is 21.7. The summed E-state index contributed by atoms with van der Waals surface area (Å²) < 4.78 is 10.8. The zero-order valence-corrected chi connectivity index (χ0v) is 24.5. The summed E-state index contributed by atoms with van der Waals surface area (Å²) in [6.07, 6.45) is 4.50. The van der Waals surface area contributed by atoms with E-state index < -0.39 is 18.1 Å². The molecule has 1 unspecified atom stereocenters. The predicted octanol–water partition coefficient (Wildman–Crippen LogP) is -5.16. The fourth-order valence-electron chi connectivity index (χ4n) is 1.25. The van der Waals surface area contributed by atoms with Gasteiger partial charge in [-0.15, -0.1) is 0 Å². The van der Waals surface area contributed by atoms with Crippen LogP contribution < -0.4 is 24.8 Å². The minimum absolute atomic E-state index is 0. The molecule has 0 saturated carbocycles. The van der Waals surface area contributed by atoms with E-state index >= 15 is 0 Å². The van der Waals surface area contributed by atoms with E-state index in [-0.39, 0.29) is 24.8 Å². The van der Waals surface area contributed by atoms with E-state index in [2.05, 4.69) is 62.6 Å². The normalized spacial score (nSPS) is 14.3. The van der Waals surface area contributed by atoms with Crippen molar-refractivity contribution in [2.45, 2.75) is 29.8 Å². The second-order valence-corrected chi connectivity index (χ2v) is 14.5. The molecule has 0 spiro atoms. The van der Waals surface area contributed by atoms with Gasteiger partial charge in [0.05, 0.1) is 0 Å². The van der Waals surface area contributed by atoms with E-state index in [1.54, 1.807) is 24.7 Å². The zero-order chi connectivity index (χ0) is 15.5. The molecule has 2 nitrogen and oxygen atoms in total. The van der Waals surface area contributed by atoms with E-state index in [4.69, 9.17) is 8.23 Å². The maximum atomic E-state index is 5.03. The van der Waals surface area contributed by atoms with Crippen molar-refractivity contribution >= 4 is 45.1 Å². The van der Waals surface area contributed by atoms with Gasteiger partial charge in [0.2, 0.25) is 0 Å². The molecule has 125 valence electrons. The Balaban J connectivity index is -0.000000264. The quantitative estimate of drug-likeness (QED) is 0.387. The molecule has 0 aliphatic heterocycles. The molecule has 22 heavy (non-hydrogen) atoms. The number of halogens is 2. The summed E-state index contributed by atoms with van der Waals surface area (Å²) in [6.45, 7) is 8.69. The van der Waals surface area contributed by atoms with Gasteiger partial charge in [-0.2, -0.15) is 0 Å². The number of hydrogen-bond donors (Lipinski definition) is 0. The molecule has 0 saturated heterocycles. The molecule has 0 amide bonds. The molecule has 0 fully saturated rings. The third kappa shape index (κ3) is 13.6. The standard InChI is InChI=1S/C9H7.2C2H10OSi2.2ClH.Zr/c1-2-5-9-7-3-6-8(9)4-1;2*1-5(2)3-4;;;/h1-7H;2*5H,1-2,4H3;2*1H;/q;;;;;+2/p-2. The molecule has 1 aromatic carbocycles. The van der Waals surface area contributed by atoms with Crippen LogP contribution in [0.4, 0.5) is 0 Å². The van der Waals surface area contributed by atoms with Crippen LogP contribution in [0.15, 0.2) is 30.3 Å². The van der Waals surface area contributed by atoms with Gasteiger partial charge in [-0.25, -0.2) is 0 Å². The van der Waals surface area contributed by atoms with Crippen molar-refractivity contribution in [2.75, 3.05) is 0 Å². The second-order valence-electron chi connectivity index (χ2n) is 5.03. The Morgan fingerprint density at radius 3 is 1.73 bits per heavy atom. The fraction of sp³-hybridized carbons (Fsp3) is 0.385. The zero-order valence-electron chi connectivity index (χ0n) is 14.3. The molecule has 1 aliphatic rings. The van der Waals surface area contributed by atoms with Crippen LogP contribution in [0.25, 0.3) is 6.08 Å². The monoisotopic (exact) mass is 487 g/mol. The first-order chi connectivity index (χ1) is 9.42. The second kappa shape index (κ2) is 17.0.